The zero-order valence-electron chi connectivity index (χ0n) is 4.42. The Hall–Kier alpha value is -0.860. The van der Waals surface area contributed by atoms with Crippen LogP contribution in [0.4, 0.5) is 0 Å². The normalized spacial score (nSPS) is 26.2. The van der Waals surface area contributed by atoms with Crippen LogP contribution in [-0.2, 0) is 4.79 Å². The monoisotopic (exact) mass is 114 g/mol. The second-order valence-corrected chi connectivity index (χ2v) is 1.84. The van der Waals surface area contributed by atoms with E-state index >= 15 is 0 Å². The fraction of sp³-hybridized carbons (Fsp3) is 0.600. The summed E-state index contributed by atoms with van der Waals surface area (Å²) in [6.07, 6.45) is 3.39. The fourth-order valence-corrected chi connectivity index (χ4v) is 0.754. The molecule has 0 aromatic rings. The first-order valence-electron chi connectivity index (χ1n) is 2.61. The molecule has 1 heterocycles. The van der Waals surface area contributed by atoms with Crippen LogP contribution in [0.2, 0.25) is 0 Å². The van der Waals surface area contributed by atoms with Crippen molar-refractivity contribution in [2.75, 3.05) is 0 Å². The van der Waals surface area contributed by atoms with E-state index in [9.17, 15) is 4.79 Å². The van der Waals surface area contributed by atoms with Crippen molar-refractivity contribution in [2.45, 2.75) is 18.9 Å². The SMILES string of the molecule is O=C(O)[C@H]1CCC=[NH+]1. The summed E-state index contributed by atoms with van der Waals surface area (Å²) in [4.78, 5) is 12.9. The molecule has 0 spiro atoms. The molecular weight excluding hydrogens is 106 g/mol. The highest BCUT2D eigenvalue weighted by atomic mass is 16.4. The van der Waals surface area contributed by atoms with Crippen LogP contribution in [0.15, 0.2) is 0 Å². The van der Waals surface area contributed by atoms with Crippen LogP contribution in [0, 0.1) is 0 Å². The molecule has 3 nitrogen and oxygen atoms in total. The van der Waals surface area contributed by atoms with Gasteiger partial charge in [-0.15, -0.1) is 0 Å². The van der Waals surface area contributed by atoms with Crippen LogP contribution in [0.3, 0.4) is 0 Å². The lowest BCUT2D eigenvalue weighted by molar-refractivity contribution is -0.476. The van der Waals surface area contributed by atoms with Crippen LogP contribution in [-0.4, -0.2) is 23.3 Å². The maximum absolute atomic E-state index is 10.1. The van der Waals surface area contributed by atoms with Crippen LogP contribution < -0.4 is 4.99 Å². The van der Waals surface area contributed by atoms with Crippen molar-refractivity contribution in [3.05, 3.63) is 0 Å². The first-order valence-corrected chi connectivity index (χ1v) is 2.61. The number of rotatable bonds is 1. The minimum atomic E-state index is -0.751. The number of carboxylic acids is 1. The maximum Gasteiger partial charge on any atom is 0.372 e. The Labute approximate surface area is 47.0 Å². The average Bonchev–Trinajstić information content (AvgIpc) is 2.12. The molecule has 1 atom stereocenters. The van der Waals surface area contributed by atoms with E-state index in [1.54, 1.807) is 6.21 Å². The van der Waals surface area contributed by atoms with Gasteiger partial charge in [-0.2, -0.15) is 0 Å². The van der Waals surface area contributed by atoms with E-state index < -0.39 is 5.97 Å². The Morgan fingerprint density at radius 3 is 2.88 bits per heavy atom. The van der Waals surface area contributed by atoms with Gasteiger partial charge >= 0.3 is 5.97 Å². The molecule has 0 aliphatic carbocycles. The smallest absolute Gasteiger partial charge is 0.372 e. The van der Waals surface area contributed by atoms with E-state index in [2.05, 4.69) is 4.99 Å². The summed E-state index contributed by atoms with van der Waals surface area (Å²) in [6, 6.07) is -0.324. The summed E-state index contributed by atoms with van der Waals surface area (Å²) in [5.41, 5.74) is 0. The van der Waals surface area contributed by atoms with Crippen LogP contribution >= 0.6 is 0 Å². The Morgan fingerprint density at radius 1 is 1.88 bits per heavy atom. The third-order valence-electron chi connectivity index (χ3n) is 1.22. The molecule has 0 radical (unpaired) electrons. The van der Waals surface area contributed by atoms with Crippen LogP contribution in [0.25, 0.3) is 0 Å². The van der Waals surface area contributed by atoms with E-state index in [0.29, 0.717) is 0 Å². The first kappa shape index (κ1) is 5.28. The number of hydrogen-bond donors (Lipinski definition) is 2. The van der Waals surface area contributed by atoms with Crippen molar-refractivity contribution in [1.29, 1.82) is 0 Å². The highest BCUT2D eigenvalue weighted by Crippen LogP contribution is 1.91. The van der Waals surface area contributed by atoms with Gasteiger partial charge in [-0.1, -0.05) is 0 Å². The highest BCUT2D eigenvalue weighted by molar-refractivity contribution is 5.73. The first-order chi connectivity index (χ1) is 3.80. The molecule has 0 saturated carbocycles. The predicted octanol–water partition coefficient (Wildman–Crippen LogP) is -1.62. The molecule has 2 N–H and O–H groups in total. The standard InChI is InChI=1S/C5H7NO2/c7-5(8)4-2-1-3-6-4/h3-4H,1-2H2,(H,7,8)/p+1/t4-/m1/s1. The number of nitrogens with one attached hydrogen (secondary N) is 1. The number of hydrogen-bond acceptors (Lipinski definition) is 1. The van der Waals surface area contributed by atoms with Gasteiger partial charge in [-0.3, -0.25) is 0 Å². The Bertz CT molecular complexity index is 130. The van der Waals surface area contributed by atoms with Gasteiger partial charge in [0.2, 0.25) is 6.04 Å². The number of carbonyl (C=O) groups is 1. The lowest BCUT2D eigenvalue weighted by Gasteiger charge is -1.88. The minimum absolute atomic E-state index is 0.324. The molecule has 0 saturated heterocycles. The van der Waals surface area contributed by atoms with E-state index in [1.165, 1.54) is 0 Å². The average molecular weight is 114 g/mol. The van der Waals surface area contributed by atoms with Crippen molar-refractivity contribution in [1.82, 2.24) is 0 Å². The van der Waals surface area contributed by atoms with Crippen molar-refractivity contribution < 1.29 is 14.9 Å². The van der Waals surface area contributed by atoms with Crippen LogP contribution in [0.5, 0.6) is 0 Å². The van der Waals surface area contributed by atoms with Gasteiger partial charge in [-0.05, 0) is 0 Å². The molecule has 0 amide bonds. The largest absolute Gasteiger partial charge is 0.476 e. The molecule has 0 fully saturated rings. The summed E-state index contributed by atoms with van der Waals surface area (Å²) >= 11 is 0. The molecule has 0 unspecified atom stereocenters. The van der Waals surface area contributed by atoms with E-state index in [1.807, 2.05) is 0 Å². The zero-order chi connectivity index (χ0) is 5.98. The molecule has 1 aliphatic heterocycles. The Kier molecular flexibility index (Phi) is 1.28. The van der Waals surface area contributed by atoms with Gasteiger partial charge in [0.1, 0.15) is 6.21 Å². The second-order valence-electron chi connectivity index (χ2n) is 1.84. The van der Waals surface area contributed by atoms with Gasteiger partial charge in [0.15, 0.2) is 0 Å². The molecule has 0 bridgehead atoms. The Morgan fingerprint density at radius 2 is 2.62 bits per heavy atom. The van der Waals surface area contributed by atoms with Crippen molar-refractivity contribution in [2.24, 2.45) is 0 Å². The third kappa shape index (κ3) is 0.857. The van der Waals surface area contributed by atoms with E-state index in [-0.39, 0.29) is 6.04 Å². The van der Waals surface area contributed by atoms with Gasteiger partial charge in [0, 0.05) is 12.8 Å². The molecule has 8 heavy (non-hydrogen) atoms. The molecule has 3 heteroatoms. The third-order valence-corrected chi connectivity index (χ3v) is 1.22. The molecule has 0 aromatic carbocycles. The van der Waals surface area contributed by atoms with E-state index in [4.69, 9.17) is 5.11 Å². The topological polar surface area (TPSA) is 51.3 Å². The van der Waals surface area contributed by atoms with Crippen molar-refractivity contribution in [3.63, 3.8) is 0 Å². The molecule has 1 rings (SSSR count). The second kappa shape index (κ2) is 1.94. The summed E-state index contributed by atoms with van der Waals surface area (Å²) in [5.74, 6) is -0.751. The summed E-state index contributed by atoms with van der Waals surface area (Å²) in [6.45, 7) is 0. The lowest BCUT2D eigenvalue weighted by atomic mass is 10.2. The van der Waals surface area contributed by atoms with E-state index in [0.717, 1.165) is 12.8 Å². The van der Waals surface area contributed by atoms with Gasteiger partial charge in [-0.25, -0.2) is 9.79 Å². The van der Waals surface area contributed by atoms with Crippen molar-refractivity contribution >= 4 is 12.2 Å². The summed E-state index contributed by atoms with van der Waals surface area (Å²) < 4.78 is 0. The quantitative estimate of drug-likeness (QED) is 0.430. The maximum atomic E-state index is 10.1. The van der Waals surface area contributed by atoms with Crippen LogP contribution in [0.1, 0.15) is 12.8 Å². The Balaban J connectivity index is 2.48. The summed E-state index contributed by atoms with van der Waals surface area (Å²) in [7, 11) is 0. The van der Waals surface area contributed by atoms with Gasteiger partial charge in [0.25, 0.3) is 0 Å². The number of aliphatic carboxylic acids is 1. The molecule has 44 valence electrons. The number of carboxylic acid groups (broad SMARTS) is 1. The fourth-order valence-electron chi connectivity index (χ4n) is 0.754. The molecular formula is C5H8NO2+. The van der Waals surface area contributed by atoms with Gasteiger partial charge < -0.3 is 5.11 Å². The summed E-state index contributed by atoms with van der Waals surface area (Å²) in [5, 5.41) is 8.33. The molecule has 1 aliphatic rings. The highest BCUT2D eigenvalue weighted by Gasteiger charge is 2.23. The predicted molar refractivity (Wildman–Crippen MR) is 27.7 cm³/mol. The zero-order valence-corrected chi connectivity index (χ0v) is 4.42. The lowest BCUT2D eigenvalue weighted by Crippen LogP contribution is -2.75. The minimum Gasteiger partial charge on any atom is -0.476 e. The molecule has 0 aromatic heterocycles. The van der Waals surface area contributed by atoms with Crippen molar-refractivity contribution in [3.8, 4) is 0 Å². The van der Waals surface area contributed by atoms with Gasteiger partial charge in [0.05, 0.1) is 0 Å².